The minimum Gasteiger partial charge on any atom is -0.296 e. The molecule has 0 bridgehead atoms. The Hall–Kier alpha value is -0.880. The molecule has 0 aliphatic carbocycles. The highest BCUT2D eigenvalue weighted by atomic mass is 19.1. The van der Waals surface area contributed by atoms with Crippen LogP contribution >= 0.6 is 0 Å². The van der Waals surface area contributed by atoms with Crippen LogP contribution in [-0.2, 0) is 0 Å². The van der Waals surface area contributed by atoms with Crippen LogP contribution in [-0.4, -0.2) is 24.5 Å². The third kappa shape index (κ3) is 2.31. The molecule has 0 amide bonds. The number of rotatable bonds is 2. The van der Waals surface area contributed by atoms with Crippen molar-refractivity contribution in [2.75, 3.05) is 19.6 Å². The molecule has 1 unspecified atom stereocenters. The monoisotopic (exact) mass is 168 g/mol. The van der Waals surface area contributed by atoms with E-state index in [9.17, 15) is 4.39 Å². The van der Waals surface area contributed by atoms with E-state index in [1.165, 1.54) is 0 Å². The number of nitrogens with zero attached hydrogens (tertiary/aromatic N) is 2. The van der Waals surface area contributed by atoms with Crippen LogP contribution in [0, 0.1) is 17.2 Å². The Kier molecular flexibility index (Phi) is 3.24. The number of likely N-dealkylation sites (N-methyl/N-ethyl adjacent to an activating group) is 1. The number of halogens is 1. The minimum atomic E-state index is -0.0941. The fourth-order valence-corrected chi connectivity index (χ4v) is 1.45. The van der Waals surface area contributed by atoms with Gasteiger partial charge in [0.05, 0.1) is 6.07 Å². The Balaban J connectivity index is 2.55. The van der Waals surface area contributed by atoms with Crippen LogP contribution in [0.15, 0.2) is 11.9 Å². The lowest BCUT2D eigenvalue weighted by Crippen LogP contribution is -2.33. The Morgan fingerprint density at radius 3 is 3.17 bits per heavy atom. The molecule has 0 radical (unpaired) electrons. The average Bonchev–Trinajstić information content (AvgIpc) is 2.04. The van der Waals surface area contributed by atoms with Crippen molar-refractivity contribution in [1.29, 1.82) is 5.26 Å². The third-order valence-electron chi connectivity index (χ3n) is 2.08. The van der Waals surface area contributed by atoms with Crippen molar-refractivity contribution < 1.29 is 4.39 Å². The van der Waals surface area contributed by atoms with Gasteiger partial charge >= 0.3 is 0 Å². The smallest absolute Gasteiger partial charge is 0.110 e. The summed E-state index contributed by atoms with van der Waals surface area (Å²) in [6.07, 6.45) is 2.00. The normalized spacial score (nSPS) is 24.8. The summed E-state index contributed by atoms with van der Waals surface area (Å²) < 4.78 is 12.9. The van der Waals surface area contributed by atoms with Crippen molar-refractivity contribution in [1.82, 2.24) is 4.90 Å². The van der Waals surface area contributed by atoms with Crippen LogP contribution < -0.4 is 0 Å². The fourth-order valence-electron chi connectivity index (χ4n) is 1.45. The fraction of sp³-hybridized carbons (Fsp3) is 0.667. The van der Waals surface area contributed by atoms with E-state index in [1.807, 2.05) is 11.8 Å². The number of hydrogen-bond acceptors (Lipinski definition) is 2. The number of nitriles is 1. The molecule has 66 valence electrons. The molecule has 12 heavy (non-hydrogen) atoms. The first-order valence-electron chi connectivity index (χ1n) is 4.21. The molecular weight excluding hydrogens is 155 g/mol. The van der Waals surface area contributed by atoms with Crippen molar-refractivity contribution in [3.05, 3.63) is 11.9 Å². The molecule has 1 aliphatic rings. The maximum Gasteiger partial charge on any atom is 0.110 e. The van der Waals surface area contributed by atoms with Gasteiger partial charge in [-0.1, -0.05) is 6.92 Å². The van der Waals surface area contributed by atoms with Gasteiger partial charge in [0.1, 0.15) is 5.83 Å². The van der Waals surface area contributed by atoms with Gasteiger partial charge in [-0.2, -0.15) is 5.26 Å². The molecule has 0 aromatic heterocycles. The molecule has 1 aliphatic heterocycles. The molecule has 1 atom stereocenters. The van der Waals surface area contributed by atoms with Crippen LogP contribution in [0.25, 0.3) is 0 Å². The molecule has 0 N–H and O–H groups in total. The predicted molar refractivity (Wildman–Crippen MR) is 45.0 cm³/mol. The predicted octanol–water partition coefficient (Wildman–Crippen LogP) is 1.71. The zero-order chi connectivity index (χ0) is 8.97. The second-order valence-corrected chi connectivity index (χ2v) is 3.06. The summed E-state index contributed by atoms with van der Waals surface area (Å²) in [6, 6.07) is 2.06. The molecule has 0 spiro atoms. The summed E-state index contributed by atoms with van der Waals surface area (Å²) in [5, 5.41) is 8.44. The zero-order valence-corrected chi connectivity index (χ0v) is 7.26. The van der Waals surface area contributed by atoms with Gasteiger partial charge in [0.2, 0.25) is 0 Å². The van der Waals surface area contributed by atoms with E-state index >= 15 is 0 Å². The van der Waals surface area contributed by atoms with E-state index in [2.05, 4.69) is 6.07 Å². The highest BCUT2D eigenvalue weighted by Crippen LogP contribution is 2.17. The van der Waals surface area contributed by atoms with Crippen LogP contribution in [0.5, 0.6) is 0 Å². The quantitative estimate of drug-likeness (QED) is 0.627. The first-order valence-corrected chi connectivity index (χ1v) is 4.21. The molecule has 0 saturated carbocycles. The number of hydrogen-bond donors (Lipinski definition) is 0. The van der Waals surface area contributed by atoms with Gasteiger partial charge in [0.15, 0.2) is 0 Å². The van der Waals surface area contributed by atoms with Gasteiger partial charge in [-0.15, -0.1) is 0 Å². The highest BCUT2D eigenvalue weighted by Gasteiger charge is 2.18. The van der Waals surface area contributed by atoms with Gasteiger partial charge in [-0.25, -0.2) is 4.39 Å². The molecular formula is C9H13FN2. The maximum atomic E-state index is 12.9. The minimum absolute atomic E-state index is 0.0868. The van der Waals surface area contributed by atoms with E-state index < -0.39 is 0 Å². The molecule has 1 rings (SSSR count). The van der Waals surface area contributed by atoms with Crippen molar-refractivity contribution in [3.63, 3.8) is 0 Å². The molecule has 3 heteroatoms. The third-order valence-corrected chi connectivity index (χ3v) is 2.08. The van der Waals surface area contributed by atoms with E-state index in [1.54, 1.807) is 6.08 Å². The van der Waals surface area contributed by atoms with Crippen LogP contribution in [0.3, 0.4) is 0 Å². The van der Waals surface area contributed by atoms with Gasteiger partial charge in [0, 0.05) is 25.4 Å². The summed E-state index contributed by atoms with van der Waals surface area (Å²) in [5.74, 6) is -0.00736. The Morgan fingerprint density at radius 1 is 1.83 bits per heavy atom. The van der Waals surface area contributed by atoms with Crippen molar-refractivity contribution >= 4 is 0 Å². The highest BCUT2D eigenvalue weighted by molar-refractivity contribution is 5.05. The topological polar surface area (TPSA) is 27.0 Å². The van der Waals surface area contributed by atoms with Crippen molar-refractivity contribution in [3.8, 4) is 6.07 Å². The van der Waals surface area contributed by atoms with Gasteiger partial charge in [-0.3, -0.25) is 4.90 Å². The molecule has 0 aromatic rings. The van der Waals surface area contributed by atoms with Gasteiger partial charge in [0.25, 0.3) is 0 Å². The lowest BCUT2D eigenvalue weighted by atomic mass is 10.0. The standard InChI is InChI=1S/C9H13FN2/c1-2-12-6-8(3-4-11)5-9(10)7-12/h5,8H,2-3,6-7H2,1H3. The van der Waals surface area contributed by atoms with Crippen LogP contribution in [0.2, 0.25) is 0 Å². The van der Waals surface area contributed by atoms with E-state index in [4.69, 9.17) is 5.26 Å². The lowest BCUT2D eigenvalue weighted by molar-refractivity contribution is 0.243. The summed E-state index contributed by atoms with van der Waals surface area (Å²) in [6.45, 7) is 4.08. The molecule has 0 fully saturated rings. The lowest BCUT2D eigenvalue weighted by Gasteiger charge is -2.27. The Bertz CT molecular complexity index is 217. The molecule has 2 nitrogen and oxygen atoms in total. The van der Waals surface area contributed by atoms with Crippen LogP contribution in [0.4, 0.5) is 4.39 Å². The summed E-state index contributed by atoms with van der Waals surface area (Å²) in [4.78, 5) is 2.01. The largest absolute Gasteiger partial charge is 0.296 e. The Morgan fingerprint density at radius 2 is 2.58 bits per heavy atom. The van der Waals surface area contributed by atoms with Crippen LogP contribution in [0.1, 0.15) is 13.3 Å². The van der Waals surface area contributed by atoms with Crippen molar-refractivity contribution in [2.24, 2.45) is 5.92 Å². The summed E-state index contributed by atoms with van der Waals surface area (Å²) in [5.41, 5.74) is 0. The first-order chi connectivity index (χ1) is 5.76. The average molecular weight is 168 g/mol. The Labute approximate surface area is 72.3 Å². The molecule has 0 saturated heterocycles. The first kappa shape index (κ1) is 9.21. The van der Waals surface area contributed by atoms with E-state index in [0.717, 1.165) is 13.1 Å². The second-order valence-electron chi connectivity index (χ2n) is 3.06. The van der Waals surface area contributed by atoms with E-state index in [0.29, 0.717) is 13.0 Å². The maximum absolute atomic E-state index is 12.9. The summed E-state index contributed by atoms with van der Waals surface area (Å²) >= 11 is 0. The SMILES string of the molecule is CCN1CC(F)=CC(CC#N)C1. The van der Waals surface area contributed by atoms with E-state index in [-0.39, 0.29) is 11.7 Å². The summed E-state index contributed by atoms with van der Waals surface area (Å²) in [7, 11) is 0. The van der Waals surface area contributed by atoms with Gasteiger partial charge < -0.3 is 0 Å². The molecule has 0 aromatic carbocycles. The van der Waals surface area contributed by atoms with Gasteiger partial charge in [-0.05, 0) is 12.6 Å². The second kappa shape index (κ2) is 4.22. The zero-order valence-electron chi connectivity index (χ0n) is 7.26. The molecule has 1 heterocycles. The van der Waals surface area contributed by atoms with Crippen molar-refractivity contribution in [2.45, 2.75) is 13.3 Å².